The van der Waals surface area contributed by atoms with Gasteiger partial charge >= 0.3 is 5.97 Å². The van der Waals surface area contributed by atoms with Crippen LogP contribution in [0.2, 0.25) is 0 Å². The second-order valence-corrected chi connectivity index (χ2v) is 6.20. The highest BCUT2D eigenvalue weighted by molar-refractivity contribution is 5.96. The van der Waals surface area contributed by atoms with E-state index >= 15 is 0 Å². The van der Waals surface area contributed by atoms with Crippen molar-refractivity contribution in [3.63, 3.8) is 0 Å². The van der Waals surface area contributed by atoms with Gasteiger partial charge in [-0.1, -0.05) is 30.3 Å². The van der Waals surface area contributed by atoms with Crippen molar-refractivity contribution in [1.82, 2.24) is 5.32 Å². The van der Waals surface area contributed by atoms with Crippen molar-refractivity contribution >= 4 is 29.2 Å². The molecule has 2 N–H and O–H groups in total. The number of benzene rings is 2. The monoisotopic (exact) mass is 415 g/mol. The van der Waals surface area contributed by atoms with Crippen LogP contribution in [0.4, 0.5) is 11.4 Å². The number of nitro groups is 1. The van der Waals surface area contributed by atoms with Crippen molar-refractivity contribution in [1.29, 1.82) is 0 Å². The molecule has 0 aliphatic carbocycles. The lowest BCUT2D eigenvalue weighted by molar-refractivity contribution is -0.384. The summed E-state index contributed by atoms with van der Waals surface area (Å²) < 4.78 is 10.1. The summed E-state index contributed by atoms with van der Waals surface area (Å²) in [7, 11) is 1.35. The zero-order chi connectivity index (χ0) is 22.1. The number of ether oxygens (including phenoxy) is 2. The number of amides is 2. The Labute approximate surface area is 172 Å². The summed E-state index contributed by atoms with van der Waals surface area (Å²) in [6, 6.07) is 12.7. The lowest BCUT2D eigenvalue weighted by Crippen LogP contribution is -2.36. The average molecular weight is 415 g/mol. The smallest absolute Gasteiger partial charge is 0.326 e. The van der Waals surface area contributed by atoms with E-state index in [9.17, 15) is 24.5 Å². The van der Waals surface area contributed by atoms with Gasteiger partial charge in [0, 0.05) is 12.1 Å². The molecule has 0 radical (unpaired) electrons. The highest BCUT2D eigenvalue weighted by Gasteiger charge is 2.21. The molecule has 158 valence electrons. The van der Waals surface area contributed by atoms with Crippen LogP contribution in [-0.2, 0) is 25.5 Å². The highest BCUT2D eigenvalue weighted by atomic mass is 16.6. The van der Waals surface area contributed by atoms with Gasteiger partial charge in [0.05, 0.1) is 24.1 Å². The zero-order valence-corrected chi connectivity index (χ0v) is 16.4. The SMILES string of the molecule is COc1ccc([N+](=O)[O-])cc1NC(=O)C(C)OC(=O)CNC(=O)Cc1ccccc1. The van der Waals surface area contributed by atoms with Crippen molar-refractivity contribution in [3.05, 3.63) is 64.2 Å². The fraction of sp³-hybridized carbons (Fsp3) is 0.250. The largest absolute Gasteiger partial charge is 0.495 e. The zero-order valence-electron chi connectivity index (χ0n) is 16.4. The van der Waals surface area contributed by atoms with E-state index in [2.05, 4.69) is 10.6 Å². The van der Waals surface area contributed by atoms with Gasteiger partial charge in [0.15, 0.2) is 6.10 Å². The van der Waals surface area contributed by atoms with Crippen molar-refractivity contribution in [3.8, 4) is 5.75 Å². The summed E-state index contributed by atoms with van der Waals surface area (Å²) in [5.41, 5.74) is 0.620. The number of esters is 1. The summed E-state index contributed by atoms with van der Waals surface area (Å²) >= 11 is 0. The number of methoxy groups -OCH3 is 1. The second kappa shape index (κ2) is 10.6. The number of rotatable bonds is 9. The van der Waals surface area contributed by atoms with Gasteiger partial charge in [-0.15, -0.1) is 0 Å². The number of non-ortho nitro benzene ring substituents is 1. The molecule has 1 unspecified atom stereocenters. The first-order chi connectivity index (χ1) is 14.3. The fourth-order valence-electron chi connectivity index (χ4n) is 2.45. The van der Waals surface area contributed by atoms with E-state index in [1.54, 1.807) is 24.3 Å². The molecule has 0 fully saturated rings. The molecule has 0 aliphatic heterocycles. The highest BCUT2D eigenvalue weighted by Crippen LogP contribution is 2.29. The Bertz CT molecular complexity index is 931. The van der Waals surface area contributed by atoms with Gasteiger partial charge in [-0.2, -0.15) is 0 Å². The van der Waals surface area contributed by atoms with Gasteiger partial charge in [-0.25, -0.2) is 0 Å². The lowest BCUT2D eigenvalue weighted by atomic mass is 10.1. The average Bonchev–Trinajstić information content (AvgIpc) is 2.72. The molecular formula is C20H21N3O7. The molecular weight excluding hydrogens is 394 g/mol. The van der Waals surface area contributed by atoms with Crippen molar-refractivity contribution in [2.75, 3.05) is 19.0 Å². The maximum atomic E-state index is 12.3. The quantitative estimate of drug-likeness (QED) is 0.362. The van der Waals surface area contributed by atoms with Crippen LogP contribution < -0.4 is 15.4 Å². The third kappa shape index (κ3) is 6.59. The van der Waals surface area contributed by atoms with Crippen LogP contribution >= 0.6 is 0 Å². The molecule has 0 saturated heterocycles. The molecule has 2 aromatic carbocycles. The van der Waals surface area contributed by atoms with Crippen LogP contribution in [0.1, 0.15) is 12.5 Å². The summed E-state index contributed by atoms with van der Waals surface area (Å²) in [4.78, 5) is 46.3. The van der Waals surface area contributed by atoms with E-state index in [4.69, 9.17) is 9.47 Å². The molecule has 0 spiro atoms. The molecule has 0 saturated carbocycles. The Balaban J connectivity index is 1.86. The van der Waals surface area contributed by atoms with Gasteiger partial charge in [0.25, 0.3) is 11.6 Å². The number of nitrogens with zero attached hydrogens (tertiary/aromatic N) is 1. The normalized spacial score (nSPS) is 11.1. The molecule has 0 aromatic heterocycles. The Morgan fingerprint density at radius 2 is 1.83 bits per heavy atom. The number of nitrogens with one attached hydrogen (secondary N) is 2. The topological polar surface area (TPSA) is 137 Å². The summed E-state index contributed by atoms with van der Waals surface area (Å²) in [6.45, 7) is 0.937. The predicted molar refractivity (Wildman–Crippen MR) is 107 cm³/mol. The first-order valence-electron chi connectivity index (χ1n) is 8.93. The van der Waals surface area contributed by atoms with E-state index in [0.29, 0.717) is 0 Å². The molecule has 0 aliphatic rings. The number of anilines is 1. The summed E-state index contributed by atoms with van der Waals surface area (Å²) in [6.07, 6.45) is -1.09. The number of carbonyl (C=O) groups excluding carboxylic acids is 3. The van der Waals surface area contributed by atoms with Crippen LogP contribution in [0.25, 0.3) is 0 Å². The molecule has 30 heavy (non-hydrogen) atoms. The first-order valence-corrected chi connectivity index (χ1v) is 8.93. The Hall–Kier alpha value is -3.95. The summed E-state index contributed by atoms with van der Waals surface area (Å²) in [5, 5.41) is 15.8. The Morgan fingerprint density at radius 1 is 1.13 bits per heavy atom. The van der Waals surface area contributed by atoms with Crippen LogP contribution in [0.5, 0.6) is 5.75 Å². The van der Waals surface area contributed by atoms with E-state index < -0.39 is 29.4 Å². The third-order valence-electron chi connectivity index (χ3n) is 3.97. The Kier molecular flexibility index (Phi) is 7.86. The van der Waals surface area contributed by atoms with Crippen LogP contribution in [0.3, 0.4) is 0 Å². The van der Waals surface area contributed by atoms with Crippen molar-refractivity contribution < 1.29 is 28.8 Å². The minimum atomic E-state index is -1.20. The number of hydrogen-bond acceptors (Lipinski definition) is 7. The van der Waals surface area contributed by atoms with E-state index in [-0.39, 0.29) is 29.5 Å². The number of hydrogen-bond donors (Lipinski definition) is 2. The summed E-state index contributed by atoms with van der Waals surface area (Å²) in [5.74, 6) is -1.67. The number of nitro benzene ring substituents is 1. The van der Waals surface area contributed by atoms with E-state index in [1.807, 2.05) is 6.07 Å². The third-order valence-corrected chi connectivity index (χ3v) is 3.97. The van der Waals surface area contributed by atoms with E-state index in [0.717, 1.165) is 11.6 Å². The van der Waals surface area contributed by atoms with Gasteiger partial charge in [-0.05, 0) is 18.6 Å². The van der Waals surface area contributed by atoms with Gasteiger partial charge in [0.1, 0.15) is 12.3 Å². The molecule has 2 rings (SSSR count). The molecule has 0 heterocycles. The molecule has 1 atom stereocenters. The molecule has 0 bridgehead atoms. The maximum absolute atomic E-state index is 12.3. The van der Waals surface area contributed by atoms with Crippen LogP contribution in [-0.4, -0.2) is 42.5 Å². The molecule has 2 amide bonds. The second-order valence-electron chi connectivity index (χ2n) is 6.20. The van der Waals surface area contributed by atoms with Gasteiger partial charge in [-0.3, -0.25) is 24.5 Å². The van der Waals surface area contributed by atoms with Gasteiger partial charge < -0.3 is 20.1 Å². The Morgan fingerprint density at radius 3 is 2.47 bits per heavy atom. The number of carbonyl (C=O) groups is 3. The minimum Gasteiger partial charge on any atom is -0.495 e. The first kappa shape index (κ1) is 22.3. The standard InChI is InChI=1S/C20H21N3O7/c1-13(20(26)22-16-11-15(23(27)28)8-9-17(16)29-2)30-19(25)12-21-18(24)10-14-6-4-3-5-7-14/h3-9,11,13H,10,12H2,1-2H3,(H,21,24)(H,22,26). The molecule has 10 heteroatoms. The fourth-order valence-corrected chi connectivity index (χ4v) is 2.45. The molecule has 2 aromatic rings. The molecule has 10 nitrogen and oxygen atoms in total. The van der Waals surface area contributed by atoms with Crippen molar-refractivity contribution in [2.24, 2.45) is 0 Å². The minimum absolute atomic E-state index is 0.0655. The van der Waals surface area contributed by atoms with Crippen LogP contribution in [0.15, 0.2) is 48.5 Å². The van der Waals surface area contributed by atoms with Gasteiger partial charge in [0.2, 0.25) is 5.91 Å². The predicted octanol–water partition coefficient (Wildman–Crippen LogP) is 1.83. The maximum Gasteiger partial charge on any atom is 0.326 e. The lowest BCUT2D eigenvalue weighted by Gasteiger charge is -2.15. The van der Waals surface area contributed by atoms with Crippen molar-refractivity contribution in [2.45, 2.75) is 19.4 Å². The van der Waals surface area contributed by atoms with E-state index in [1.165, 1.54) is 26.2 Å². The van der Waals surface area contributed by atoms with Crippen LogP contribution in [0, 0.1) is 10.1 Å².